The number of carbonyl (C=O) groups excluding carboxylic acids is 2. The van der Waals surface area contributed by atoms with Gasteiger partial charge in [0.05, 0.1) is 0 Å². The highest BCUT2D eigenvalue weighted by Gasteiger charge is 2.14. The lowest BCUT2D eigenvalue weighted by atomic mass is 10.1. The Labute approximate surface area is 157 Å². The highest BCUT2D eigenvalue weighted by Crippen LogP contribution is 2.11. The molecule has 0 unspecified atom stereocenters. The van der Waals surface area contributed by atoms with Crippen molar-refractivity contribution in [3.05, 3.63) is 77.7 Å². The molecule has 0 aliphatic rings. The van der Waals surface area contributed by atoms with E-state index in [9.17, 15) is 9.59 Å². The van der Waals surface area contributed by atoms with Crippen LogP contribution in [-0.2, 0) is 24.8 Å². The first-order valence-electron chi connectivity index (χ1n) is 8.67. The van der Waals surface area contributed by atoms with E-state index >= 15 is 0 Å². The molecular formula is C20H21N5O2. The number of amides is 2. The summed E-state index contributed by atoms with van der Waals surface area (Å²) in [7, 11) is 1.69. The summed E-state index contributed by atoms with van der Waals surface area (Å²) in [5.74, 6) is 0.0583. The summed E-state index contributed by atoms with van der Waals surface area (Å²) in [5, 5.41) is 9.76. The second-order valence-corrected chi connectivity index (χ2v) is 6.12. The van der Waals surface area contributed by atoms with Crippen molar-refractivity contribution >= 4 is 17.6 Å². The van der Waals surface area contributed by atoms with Crippen molar-refractivity contribution in [3.63, 3.8) is 0 Å². The molecule has 7 nitrogen and oxygen atoms in total. The number of nitrogens with one attached hydrogen (secondary N) is 2. The average Bonchev–Trinajstić information content (AvgIpc) is 3.06. The standard InChI is InChI=1S/C20H21N5O2/c1-25-18(23-19(26)10-9-15-6-3-2-4-7-15)12-17(24-25)20(27)22-14-16-8-5-11-21-13-16/h2-8,11-13H,9-10,14H2,1H3,(H,22,27)(H,23,26). The molecule has 1 aromatic carbocycles. The van der Waals surface area contributed by atoms with Crippen LogP contribution in [0.5, 0.6) is 0 Å². The van der Waals surface area contributed by atoms with Crippen molar-refractivity contribution in [1.29, 1.82) is 0 Å². The molecule has 3 rings (SSSR count). The molecule has 0 saturated carbocycles. The Morgan fingerprint density at radius 3 is 2.59 bits per heavy atom. The number of nitrogens with zero attached hydrogens (tertiary/aromatic N) is 3. The molecule has 0 atom stereocenters. The SMILES string of the molecule is Cn1nc(C(=O)NCc2cccnc2)cc1NC(=O)CCc1ccccc1. The van der Waals surface area contributed by atoms with Crippen LogP contribution in [-0.4, -0.2) is 26.6 Å². The molecule has 0 aliphatic heterocycles. The summed E-state index contributed by atoms with van der Waals surface area (Å²) in [6, 6.07) is 15.1. The maximum Gasteiger partial charge on any atom is 0.272 e. The van der Waals surface area contributed by atoms with E-state index in [1.165, 1.54) is 4.68 Å². The topological polar surface area (TPSA) is 88.9 Å². The molecule has 0 aliphatic carbocycles. The van der Waals surface area contributed by atoms with Gasteiger partial charge in [0.1, 0.15) is 5.82 Å². The highest BCUT2D eigenvalue weighted by molar-refractivity contribution is 5.95. The normalized spacial score (nSPS) is 10.4. The number of rotatable bonds is 7. The number of carbonyl (C=O) groups is 2. The number of pyridine rings is 1. The van der Waals surface area contributed by atoms with Crippen LogP contribution in [0.2, 0.25) is 0 Å². The molecule has 27 heavy (non-hydrogen) atoms. The lowest BCUT2D eigenvalue weighted by Gasteiger charge is -2.05. The van der Waals surface area contributed by atoms with Crippen molar-refractivity contribution in [2.45, 2.75) is 19.4 Å². The van der Waals surface area contributed by atoms with Gasteiger partial charge >= 0.3 is 0 Å². The van der Waals surface area contributed by atoms with Crippen LogP contribution in [0.3, 0.4) is 0 Å². The number of aryl methyl sites for hydroxylation is 2. The summed E-state index contributed by atoms with van der Waals surface area (Å²) in [6.07, 6.45) is 4.38. The minimum atomic E-state index is -0.306. The zero-order chi connectivity index (χ0) is 19.1. The number of hydrogen-bond acceptors (Lipinski definition) is 4. The Morgan fingerprint density at radius 2 is 1.85 bits per heavy atom. The molecule has 0 radical (unpaired) electrons. The summed E-state index contributed by atoms with van der Waals surface area (Å²) >= 11 is 0. The minimum Gasteiger partial charge on any atom is -0.347 e. The van der Waals surface area contributed by atoms with Crippen LogP contribution in [0.25, 0.3) is 0 Å². The van der Waals surface area contributed by atoms with Gasteiger partial charge in [0, 0.05) is 38.5 Å². The third kappa shape index (κ3) is 5.24. The highest BCUT2D eigenvalue weighted by atomic mass is 16.2. The third-order valence-corrected chi connectivity index (χ3v) is 4.04. The molecule has 3 aromatic rings. The average molecular weight is 363 g/mol. The molecule has 2 aromatic heterocycles. The van der Waals surface area contributed by atoms with Crippen LogP contribution in [0, 0.1) is 0 Å². The second kappa shape index (κ2) is 8.75. The van der Waals surface area contributed by atoms with Gasteiger partial charge in [-0.25, -0.2) is 0 Å². The fourth-order valence-corrected chi connectivity index (χ4v) is 2.58. The lowest BCUT2D eigenvalue weighted by Crippen LogP contribution is -2.23. The van der Waals surface area contributed by atoms with E-state index in [4.69, 9.17) is 0 Å². The Kier molecular flexibility index (Phi) is 5.94. The van der Waals surface area contributed by atoms with Crippen LogP contribution in [0.1, 0.15) is 28.0 Å². The predicted octanol–water partition coefficient (Wildman–Crippen LogP) is 2.32. The van der Waals surface area contributed by atoms with Gasteiger partial charge in [0.25, 0.3) is 5.91 Å². The summed E-state index contributed by atoms with van der Waals surface area (Å²) in [5.41, 5.74) is 2.25. The predicted molar refractivity (Wildman–Crippen MR) is 102 cm³/mol. The quantitative estimate of drug-likeness (QED) is 0.674. The first-order chi connectivity index (χ1) is 13.1. The summed E-state index contributed by atoms with van der Waals surface area (Å²) in [4.78, 5) is 28.4. The van der Waals surface area contributed by atoms with E-state index in [0.29, 0.717) is 25.2 Å². The van der Waals surface area contributed by atoms with Gasteiger partial charge in [-0.3, -0.25) is 19.3 Å². The van der Waals surface area contributed by atoms with Gasteiger partial charge in [-0.2, -0.15) is 5.10 Å². The number of hydrogen-bond donors (Lipinski definition) is 2. The van der Waals surface area contributed by atoms with Crippen molar-refractivity contribution in [2.24, 2.45) is 7.05 Å². The van der Waals surface area contributed by atoms with Crippen LogP contribution in [0.4, 0.5) is 5.82 Å². The molecule has 2 N–H and O–H groups in total. The molecule has 0 saturated heterocycles. The zero-order valence-electron chi connectivity index (χ0n) is 15.1. The maximum absolute atomic E-state index is 12.3. The molecular weight excluding hydrogens is 342 g/mol. The van der Waals surface area contributed by atoms with E-state index < -0.39 is 0 Å². The first-order valence-corrected chi connectivity index (χ1v) is 8.67. The molecule has 0 spiro atoms. The van der Waals surface area contributed by atoms with Crippen LogP contribution < -0.4 is 10.6 Å². The van der Waals surface area contributed by atoms with Crippen molar-refractivity contribution in [3.8, 4) is 0 Å². The number of benzene rings is 1. The van der Waals surface area contributed by atoms with E-state index in [1.54, 1.807) is 25.5 Å². The van der Waals surface area contributed by atoms with E-state index in [0.717, 1.165) is 11.1 Å². The number of anilines is 1. The zero-order valence-corrected chi connectivity index (χ0v) is 15.1. The Balaban J connectivity index is 1.54. The molecule has 0 bridgehead atoms. The lowest BCUT2D eigenvalue weighted by molar-refractivity contribution is -0.116. The smallest absolute Gasteiger partial charge is 0.272 e. The maximum atomic E-state index is 12.3. The molecule has 0 fully saturated rings. The van der Waals surface area contributed by atoms with Gasteiger partial charge in [-0.1, -0.05) is 36.4 Å². The first kappa shape index (κ1) is 18.3. The van der Waals surface area contributed by atoms with Gasteiger partial charge in [-0.05, 0) is 23.6 Å². The minimum absolute atomic E-state index is 0.121. The fraction of sp³-hybridized carbons (Fsp3) is 0.200. The second-order valence-electron chi connectivity index (χ2n) is 6.12. The van der Waals surface area contributed by atoms with Crippen LogP contribution in [0.15, 0.2) is 60.9 Å². The van der Waals surface area contributed by atoms with Gasteiger partial charge in [-0.15, -0.1) is 0 Å². The Morgan fingerprint density at radius 1 is 1.07 bits per heavy atom. The molecule has 2 heterocycles. The van der Waals surface area contributed by atoms with E-state index in [2.05, 4.69) is 20.7 Å². The van der Waals surface area contributed by atoms with Gasteiger partial charge < -0.3 is 10.6 Å². The fourth-order valence-electron chi connectivity index (χ4n) is 2.58. The van der Waals surface area contributed by atoms with Crippen LogP contribution >= 0.6 is 0 Å². The van der Waals surface area contributed by atoms with Crippen molar-refractivity contribution in [1.82, 2.24) is 20.1 Å². The largest absolute Gasteiger partial charge is 0.347 e. The Bertz CT molecular complexity index is 907. The van der Waals surface area contributed by atoms with Gasteiger partial charge in [0.15, 0.2) is 5.69 Å². The summed E-state index contributed by atoms with van der Waals surface area (Å²) < 4.78 is 1.49. The molecule has 7 heteroatoms. The van der Waals surface area contributed by atoms with Crippen molar-refractivity contribution in [2.75, 3.05) is 5.32 Å². The molecule has 138 valence electrons. The van der Waals surface area contributed by atoms with Gasteiger partial charge in [0.2, 0.25) is 5.91 Å². The third-order valence-electron chi connectivity index (χ3n) is 4.04. The van der Waals surface area contributed by atoms with E-state index in [1.807, 2.05) is 42.5 Å². The molecule has 2 amide bonds. The monoisotopic (exact) mass is 363 g/mol. The van der Waals surface area contributed by atoms with E-state index in [-0.39, 0.29) is 17.5 Å². The number of aromatic nitrogens is 3. The summed E-state index contributed by atoms with van der Waals surface area (Å²) in [6.45, 7) is 0.363. The van der Waals surface area contributed by atoms with Crippen molar-refractivity contribution < 1.29 is 9.59 Å². The Hall–Kier alpha value is -3.48.